The van der Waals surface area contributed by atoms with Crippen LogP contribution in [-0.4, -0.2) is 11.5 Å². The second-order valence-corrected chi connectivity index (χ2v) is 6.97. The van der Waals surface area contributed by atoms with E-state index >= 15 is 0 Å². The van der Waals surface area contributed by atoms with E-state index in [1.54, 1.807) is 11.8 Å². The smallest absolute Gasteiger partial charge is 0.173 e. The molecular weight excluding hydrogens is 302 g/mol. The van der Waals surface area contributed by atoms with Gasteiger partial charge in [-0.3, -0.25) is 4.79 Å². The molecule has 0 spiro atoms. The normalized spacial score (nSPS) is 17.4. The largest absolute Gasteiger partial charge is 0.369 e. The van der Waals surface area contributed by atoms with Crippen LogP contribution in [0.15, 0.2) is 60.7 Å². The van der Waals surface area contributed by atoms with Crippen LogP contribution in [0.3, 0.4) is 0 Å². The molecule has 1 aliphatic rings. The summed E-state index contributed by atoms with van der Waals surface area (Å²) >= 11 is 1.65. The quantitative estimate of drug-likeness (QED) is 0.669. The number of nitrogens with one attached hydrogen (secondary N) is 1. The minimum Gasteiger partial charge on any atom is -0.369 e. The third kappa shape index (κ3) is 2.62. The van der Waals surface area contributed by atoms with Crippen molar-refractivity contribution in [1.82, 2.24) is 0 Å². The lowest BCUT2D eigenvalue weighted by Gasteiger charge is -2.24. The Morgan fingerprint density at radius 2 is 1.74 bits per heavy atom. The maximum absolute atomic E-state index is 12.6. The number of ketones is 1. The van der Waals surface area contributed by atoms with Gasteiger partial charge in [0.1, 0.15) is 0 Å². The highest BCUT2D eigenvalue weighted by atomic mass is 32.2. The summed E-state index contributed by atoms with van der Waals surface area (Å²) in [5.41, 5.74) is 4.29. The van der Waals surface area contributed by atoms with E-state index in [0.717, 1.165) is 22.0 Å². The predicted molar refractivity (Wildman–Crippen MR) is 98.3 cm³/mol. The average molecular weight is 319 g/mol. The number of aryl methyl sites for hydroxylation is 1. The third-order valence-electron chi connectivity index (χ3n) is 4.25. The summed E-state index contributed by atoms with van der Waals surface area (Å²) in [6.45, 7) is 2.09. The summed E-state index contributed by atoms with van der Waals surface area (Å²) in [7, 11) is 0. The average Bonchev–Trinajstić information content (AvgIpc) is 2.57. The first kappa shape index (κ1) is 14.3. The Bertz CT molecular complexity index is 881. The van der Waals surface area contributed by atoms with Gasteiger partial charge in [0.25, 0.3) is 0 Å². The summed E-state index contributed by atoms with van der Waals surface area (Å²) in [5, 5.41) is 5.86. The summed E-state index contributed by atoms with van der Waals surface area (Å²) in [5.74, 6) is 0.686. The monoisotopic (exact) mass is 319 g/mol. The van der Waals surface area contributed by atoms with E-state index in [4.69, 9.17) is 0 Å². The molecule has 23 heavy (non-hydrogen) atoms. The first-order chi connectivity index (χ1) is 11.2. The molecule has 0 fully saturated rings. The number of rotatable bonds is 1. The molecule has 1 atom stereocenters. The van der Waals surface area contributed by atoms with Crippen molar-refractivity contribution in [3.8, 4) is 0 Å². The Balaban J connectivity index is 1.85. The van der Waals surface area contributed by atoms with Crippen molar-refractivity contribution in [2.24, 2.45) is 0 Å². The summed E-state index contributed by atoms with van der Waals surface area (Å²) in [4.78, 5) is 12.6. The molecule has 114 valence electrons. The fraction of sp³-hybridized carbons (Fsp3) is 0.150. The Morgan fingerprint density at radius 3 is 2.52 bits per heavy atom. The van der Waals surface area contributed by atoms with E-state index in [-0.39, 0.29) is 11.2 Å². The Kier molecular flexibility index (Phi) is 3.58. The Hall–Kier alpha value is -2.26. The predicted octanol–water partition coefficient (Wildman–Crippen LogP) is 5.19. The van der Waals surface area contributed by atoms with Crippen LogP contribution in [0.2, 0.25) is 0 Å². The Morgan fingerprint density at radius 1 is 1.00 bits per heavy atom. The van der Waals surface area contributed by atoms with E-state index in [9.17, 15) is 4.79 Å². The van der Waals surface area contributed by atoms with Gasteiger partial charge < -0.3 is 5.32 Å². The van der Waals surface area contributed by atoms with Crippen LogP contribution in [0.4, 0.5) is 5.69 Å². The number of anilines is 1. The molecule has 4 rings (SSSR count). The summed E-state index contributed by atoms with van der Waals surface area (Å²) in [6.07, 6.45) is 0. The molecule has 0 amide bonds. The van der Waals surface area contributed by atoms with Crippen molar-refractivity contribution in [3.63, 3.8) is 0 Å². The minimum absolute atomic E-state index is 0.0820. The Labute approximate surface area is 139 Å². The zero-order valence-electron chi connectivity index (χ0n) is 12.9. The van der Waals surface area contributed by atoms with Gasteiger partial charge in [0.2, 0.25) is 0 Å². The van der Waals surface area contributed by atoms with Crippen LogP contribution in [0.1, 0.15) is 26.9 Å². The second kappa shape index (κ2) is 5.74. The minimum atomic E-state index is 0.0820. The van der Waals surface area contributed by atoms with Crippen LogP contribution < -0.4 is 5.32 Å². The van der Waals surface area contributed by atoms with Gasteiger partial charge in [0.15, 0.2) is 5.78 Å². The van der Waals surface area contributed by atoms with Crippen molar-refractivity contribution in [3.05, 3.63) is 77.4 Å². The van der Waals surface area contributed by atoms with Gasteiger partial charge in [-0.2, -0.15) is 0 Å². The zero-order chi connectivity index (χ0) is 15.8. The van der Waals surface area contributed by atoms with Gasteiger partial charge in [0, 0.05) is 16.6 Å². The van der Waals surface area contributed by atoms with Crippen LogP contribution in [0.5, 0.6) is 0 Å². The molecule has 0 aliphatic carbocycles. The fourth-order valence-corrected chi connectivity index (χ4v) is 4.07. The molecular formula is C20H17NOS. The highest BCUT2D eigenvalue weighted by Crippen LogP contribution is 2.37. The SMILES string of the molecule is Cc1ccc(C2Nc3cccc4cccc(c34)C(=O)CS2)cc1. The molecule has 1 unspecified atom stereocenters. The highest BCUT2D eigenvalue weighted by Gasteiger charge is 2.21. The number of thioether (sulfide) groups is 1. The molecule has 0 saturated heterocycles. The van der Waals surface area contributed by atoms with E-state index in [1.165, 1.54) is 11.1 Å². The van der Waals surface area contributed by atoms with E-state index in [0.29, 0.717) is 5.75 Å². The second-order valence-electron chi connectivity index (χ2n) is 5.88. The summed E-state index contributed by atoms with van der Waals surface area (Å²) < 4.78 is 0. The highest BCUT2D eigenvalue weighted by molar-refractivity contribution is 8.00. The first-order valence-corrected chi connectivity index (χ1v) is 8.77. The number of benzene rings is 3. The fourth-order valence-electron chi connectivity index (χ4n) is 3.03. The molecule has 3 aromatic carbocycles. The van der Waals surface area contributed by atoms with Crippen LogP contribution in [0, 0.1) is 6.92 Å². The van der Waals surface area contributed by atoms with Gasteiger partial charge in [0.05, 0.1) is 11.1 Å². The number of hydrogen-bond donors (Lipinski definition) is 1. The van der Waals surface area contributed by atoms with Gasteiger partial charge >= 0.3 is 0 Å². The molecule has 1 aliphatic heterocycles. The zero-order valence-corrected chi connectivity index (χ0v) is 13.7. The molecule has 0 aromatic heterocycles. The third-order valence-corrected chi connectivity index (χ3v) is 5.41. The van der Waals surface area contributed by atoms with E-state index < -0.39 is 0 Å². The lowest BCUT2D eigenvalue weighted by Crippen LogP contribution is -2.15. The van der Waals surface area contributed by atoms with Crippen molar-refractivity contribution in [2.45, 2.75) is 12.3 Å². The molecule has 3 heteroatoms. The van der Waals surface area contributed by atoms with Gasteiger partial charge in [-0.1, -0.05) is 60.2 Å². The standard InChI is InChI=1S/C20H17NOS/c1-13-8-10-15(11-9-13)20-21-17-7-3-5-14-4-2-6-16(19(14)17)18(22)12-23-20/h2-11,20-21H,12H2,1H3. The molecule has 3 aromatic rings. The lowest BCUT2D eigenvalue weighted by atomic mass is 10.00. The number of carbonyl (C=O) groups excluding carboxylic acids is 1. The topological polar surface area (TPSA) is 29.1 Å². The van der Waals surface area contributed by atoms with Crippen molar-refractivity contribution >= 4 is 34.0 Å². The molecule has 2 nitrogen and oxygen atoms in total. The van der Waals surface area contributed by atoms with Crippen molar-refractivity contribution in [2.75, 3.05) is 11.1 Å². The number of carbonyl (C=O) groups is 1. The van der Waals surface area contributed by atoms with Crippen LogP contribution in [0.25, 0.3) is 10.8 Å². The lowest BCUT2D eigenvalue weighted by molar-refractivity contribution is 0.102. The van der Waals surface area contributed by atoms with Gasteiger partial charge in [-0.15, -0.1) is 11.8 Å². The molecule has 1 heterocycles. The maximum atomic E-state index is 12.6. The molecule has 0 bridgehead atoms. The number of hydrogen-bond acceptors (Lipinski definition) is 3. The molecule has 0 saturated carbocycles. The van der Waals surface area contributed by atoms with Crippen molar-refractivity contribution < 1.29 is 4.79 Å². The van der Waals surface area contributed by atoms with Crippen molar-refractivity contribution in [1.29, 1.82) is 0 Å². The molecule has 1 N–H and O–H groups in total. The van der Waals surface area contributed by atoms with Crippen LogP contribution in [-0.2, 0) is 0 Å². The first-order valence-electron chi connectivity index (χ1n) is 7.72. The summed E-state index contributed by atoms with van der Waals surface area (Å²) in [6, 6.07) is 20.6. The number of Topliss-reactive ketones (excluding diaryl/α,β-unsaturated/α-hetero) is 1. The molecule has 0 radical (unpaired) electrons. The van der Waals surface area contributed by atoms with E-state index in [2.05, 4.69) is 54.7 Å². The van der Waals surface area contributed by atoms with Crippen LogP contribution >= 0.6 is 11.8 Å². The van der Waals surface area contributed by atoms with Gasteiger partial charge in [-0.25, -0.2) is 0 Å². The van der Waals surface area contributed by atoms with E-state index in [1.807, 2.05) is 18.2 Å². The van der Waals surface area contributed by atoms with Gasteiger partial charge in [-0.05, 0) is 23.9 Å². The maximum Gasteiger partial charge on any atom is 0.173 e.